The number of rotatable bonds is 4. The number of fused-ring (bicyclic) bond motifs is 1. The Morgan fingerprint density at radius 2 is 1.93 bits per heavy atom. The first kappa shape index (κ1) is 20.4. The first-order valence-corrected chi connectivity index (χ1v) is 9.09. The Hall–Kier alpha value is -2.36. The fourth-order valence-corrected chi connectivity index (χ4v) is 3.95. The lowest BCUT2D eigenvalue weighted by molar-refractivity contribution is -0.122. The van der Waals surface area contributed by atoms with Crippen LogP contribution in [0.1, 0.15) is 18.9 Å². The van der Waals surface area contributed by atoms with Crippen molar-refractivity contribution in [1.82, 2.24) is 14.5 Å². The van der Waals surface area contributed by atoms with Crippen LogP contribution in [0.25, 0.3) is 11.4 Å². The third kappa shape index (κ3) is 4.54. The minimum absolute atomic E-state index is 0.0690. The molecule has 0 radical (unpaired) electrons. The van der Waals surface area contributed by atoms with Crippen molar-refractivity contribution < 1.29 is 28.5 Å². The third-order valence-corrected chi connectivity index (χ3v) is 5.10. The maximum absolute atomic E-state index is 13.6. The summed E-state index contributed by atoms with van der Waals surface area (Å²) in [5.41, 5.74) is 0.446. The Balaban J connectivity index is 0.000000706. The number of hydrogen-bond donors (Lipinski definition) is 2. The summed E-state index contributed by atoms with van der Waals surface area (Å²) in [6.45, 7) is 2.18. The van der Waals surface area contributed by atoms with Gasteiger partial charge in [0.1, 0.15) is 17.5 Å². The van der Waals surface area contributed by atoms with Gasteiger partial charge in [-0.3, -0.25) is 9.69 Å². The SMILES string of the molecule is O=CO.OCC[C@H]1CN2C[C@@H](n3ccnc3-c3cc(F)cc(F)c3)C[C@H]2CO1. The second kappa shape index (κ2) is 9.22. The highest BCUT2D eigenvalue weighted by Crippen LogP contribution is 2.34. The second-order valence-electron chi connectivity index (χ2n) is 6.89. The van der Waals surface area contributed by atoms with Gasteiger partial charge in [-0.2, -0.15) is 0 Å². The summed E-state index contributed by atoms with van der Waals surface area (Å²) in [7, 11) is 0. The quantitative estimate of drug-likeness (QED) is 0.770. The molecule has 28 heavy (non-hydrogen) atoms. The number of imidazole rings is 1. The van der Waals surface area contributed by atoms with Crippen LogP contribution in [0.3, 0.4) is 0 Å². The van der Waals surface area contributed by atoms with Gasteiger partial charge in [-0.1, -0.05) is 0 Å². The Morgan fingerprint density at radius 1 is 1.21 bits per heavy atom. The summed E-state index contributed by atoms with van der Waals surface area (Å²) in [6, 6.07) is 4.00. The molecule has 0 saturated carbocycles. The van der Waals surface area contributed by atoms with Crippen molar-refractivity contribution in [3.05, 3.63) is 42.2 Å². The molecule has 4 rings (SSSR count). The highest BCUT2D eigenvalue weighted by molar-refractivity contribution is 5.56. The molecule has 0 aliphatic carbocycles. The maximum atomic E-state index is 13.6. The van der Waals surface area contributed by atoms with E-state index in [0.29, 0.717) is 30.5 Å². The van der Waals surface area contributed by atoms with Gasteiger partial charge < -0.3 is 19.5 Å². The smallest absolute Gasteiger partial charge is 0.290 e. The normalized spacial score (nSPS) is 24.3. The van der Waals surface area contributed by atoms with E-state index >= 15 is 0 Å². The number of nitrogens with zero attached hydrogens (tertiary/aromatic N) is 3. The number of benzene rings is 1. The van der Waals surface area contributed by atoms with Gasteiger partial charge >= 0.3 is 0 Å². The van der Waals surface area contributed by atoms with Crippen LogP contribution in [0.4, 0.5) is 8.78 Å². The van der Waals surface area contributed by atoms with Gasteiger partial charge in [-0.15, -0.1) is 0 Å². The molecule has 7 nitrogen and oxygen atoms in total. The minimum atomic E-state index is -0.603. The van der Waals surface area contributed by atoms with Crippen LogP contribution in [0.2, 0.25) is 0 Å². The van der Waals surface area contributed by atoms with E-state index in [-0.39, 0.29) is 25.2 Å². The molecule has 0 bridgehead atoms. The fraction of sp³-hybridized carbons (Fsp3) is 0.474. The molecule has 3 atom stereocenters. The summed E-state index contributed by atoms with van der Waals surface area (Å²) < 4.78 is 35.0. The molecule has 152 valence electrons. The predicted octanol–water partition coefficient (Wildman–Crippen LogP) is 1.93. The lowest BCUT2D eigenvalue weighted by Crippen LogP contribution is -2.46. The molecule has 2 aliphatic rings. The number of hydrogen-bond acceptors (Lipinski definition) is 5. The summed E-state index contributed by atoms with van der Waals surface area (Å²) in [5, 5.41) is 16.0. The zero-order valence-corrected chi connectivity index (χ0v) is 15.2. The number of morpholine rings is 1. The van der Waals surface area contributed by atoms with Crippen molar-refractivity contribution >= 4 is 6.47 Å². The molecule has 2 saturated heterocycles. The molecular weight excluding hydrogens is 372 g/mol. The van der Waals surface area contributed by atoms with Crippen LogP contribution in [0.15, 0.2) is 30.6 Å². The van der Waals surface area contributed by atoms with E-state index in [9.17, 15) is 8.78 Å². The largest absolute Gasteiger partial charge is 0.483 e. The summed E-state index contributed by atoms with van der Waals surface area (Å²) in [6.07, 6.45) is 5.16. The van der Waals surface area contributed by atoms with E-state index in [1.807, 2.05) is 10.8 Å². The summed E-state index contributed by atoms with van der Waals surface area (Å²) >= 11 is 0. The van der Waals surface area contributed by atoms with Gasteiger partial charge in [0.25, 0.3) is 6.47 Å². The van der Waals surface area contributed by atoms with Crippen LogP contribution in [0, 0.1) is 11.6 Å². The molecule has 0 unspecified atom stereocenters. The van der Waals surface area contributed by atoms with E-state index < -0.39 is 11.6 Å². The number of aliphatic hydroxyl groups excluding tert-OH is 1. The molecular formula is C19H23F2N3O4. The van der Waals surface area contributed by atoms with Gasteiger partial charge in [-0.25, -0.2) is 13.8 Å². The average Bonchev–Trinajstić information content (AvgIpc) is 3.28. The summed E-state index contributed by atoms with van der Waals surface area (Å²) in [4.78, 5) is 15.1. The second-order valence-corrected chi connectivity index (χ2v) is 6.89. The lowest BCUT2D eigenvalue weighted by Gasteiger charge is -2.34. The van der Waals surface area contributed by atoms with E-state index in [2.05, 4.69) is 9.88 Å². The van der Waals surface area contributed by atoms with Crippen molar-refractivity contribution in [2.24, 2.45) is 0 Å². The number of carbonyl (C=O) groups is 1. The number of halogens is 2. The Kier molecular flexibility index (Phi) is 6.71. The molecule has 2 N–H and O–H groups in total. The lowest BCUT2D eigenvalue weighted by atomic mass is 10.1. The monoisotopic (exact) mass is 395 g/mol. The Labute approximate surface area is 161 Å². The van der Waals surface area contributed by atoms with E-state index in [4.69, 9.17) is 19.7 Å². The fourth-order valence-electron chi connectivity index (χ4n) is 3.95. The highest BCUT2D eigenvalue weighted by atomic mass is 19.1. The van der Waals surface area contributed by atoms with Gasteiger partial charge in [0, 0.05) is 55.8 Å². The predicted molar refractivity (Wildman–Crippen MR) is 96.7 cm³/mol. The summed E-state index contributed by atoms with van der Waals surface area (Å²) in [5.74, 6) is -0.627. The molecule has 0 spiro atoms. The maximum Gasteiger partial charge on any atom is 0.290 e. The van der Waals surface area contributed by atoms with E-state index in [1.165, 1.54) is 12.1 Å². The molecule has 3 heterocycles. The van der Waals surface area contributed by atoms with Crippen molar-refractivity contribution in [3.63, 3.8) is 0 Å². The topological polar surface area (TPSA) is 87.8 Å². The first-order chi connectivity index (χ1) is 13.5. The number of carboxylic acid groups (broad SMARTS) is 1. The molecule has 1 aromatic carbocycles. The van der Waals surface area contributed by atoms with Crippen LogP contribution in [-0.2, 0) is 9.53 Å². The zero-order valence-electron chi connectivity index (χ0n) is 15.2. The molecule has 2 aromatic rings. The van der Waals surface area contributed by atoms with Crippen molar-refractivity contribution in [2.75, 3.05) is 26.3 Å². The van der Waals surface area contributed by atoms with Crippen LogP contribution in [-0.4, -0.2) is 69.6 Å². The molecule has 2 aliphatic heterocycles. The standard InChI is InChI=1S/C18H21F2N3O2.CH2O2/c19-13-5-12(6-14(20)7-13)18-21-2-3-23(18)15-8-16-11-25-17(1-4-24)10-22(16)9-15;2-1-3/h2-3,5-7,15-17,24H,1,4,8-11H2;1H,(H,2,3)/t15-,16-,17-;/m0./s1. The van der Waals surface area contributed by atoms with Crippen molar-refractivity contribution in [3.8, 4) is 11.4 Å². The van der Waals surface area contributed by atoms with Crippen molar-refractivity contribution in [2.45, 2.75) is 31.0 Å². The Bertz CT molecular complexity index is 781. The average molecular weight is 395 g/mol. The number of aromatic nitrogens is 2. The van der Waals surface area contributed by atoms with E-state index in [1.54, 1.807) is 6.20 Å². The Morgan fingerprint density at radius 3 is 2.61 bits per heavy atom. The van der Waals surface area contributed by atoms with Crippen LogP contribution in [0.5, 0.6) is 0 Å². The van der Waals surface area contributed by atoms with Gasteiger partial charge in [0.2, 0.25) is 0 Å². The van der Waals surface area contributed by atoms with E-state index in [0.717, 1.165) is 25.6 Å². The first-order valence-electron chi connectivity index (χ1n) is 9.09. The van der Waals surface area contributed by atoms with Gasteiger partial charge in [-0.05, 0) is 25.0 Å². The molecule has 1 aromatic heterocycles. The number of aliphatic hydroxyl groups is 1. The zero-order chi connectivity index (χ0) is 20.1. The molecule has 9 heteroatoms. The minimum Gasteiger partial charge on any atom is -0.483 e. The highest BCUT2D eigenvalue weighted by Gasteiger charge is 2.38. The molecule has 0 amide bonds. The van der Waals surface area contributed by atoms with Crippen LogP contribution < -0.4 is 0 Å². The van der Waals surface area contributed by atoms with Gasteiger partial charge in [0.05, 0.1) is 12.7 Å². The van der Waals surface area contributed by atoms with Gasteiger partial charge in [0.15, 0.2) is 0 Å². The van der Waals surface area contributed by atoms with Crippen molar-refractivity contribution in [1.29, 1.82) is 0 Å². The third-order valence-electron chi connectivity index (χ3n) is 5.10. The number of ether oxygens (including phenoxy) is 1. The van der Waals surface area contributed by atoms with Crippen LogP contribution >= 0.6 is 0 Å². The molecule has 2 fully saturated rings.